The van der Waals surface area contributed by atoms with Gasteiger partial charge < -0.3 is 5.32 Å². The lowest BCUT2D eigenvalue weighted by atomic mass is 10.1. The summed E-state index contributed by atoms with van der Waals surface area (Å²) in [5.74, 6) is 0.120. The number of anilines is 1. The van der Waals surface area contributed by atoms with Crippen LogP contribution in [0.25, 0.3) is 0 Å². The van der Waals surface area contributed by atoms with E-state index in [1.54, 1.807) is 4.57 Å². The number of nitrogens with one attached hydrogen (secondary N) is 1. The minimum Gasteiger partial charge on any atom is -0.320 e. The summed E-state index contributed by atoms with van der Waals surface area (Å²) in [6.45, 7) is 6.04. The molecule has 0 radical (unpaired) electrons. The van der Waals surface area contributed by atoms with Crippen molar-refractivity contribution in [3.05, 3.63) is 59.4 Å². The molecule has 23 heavy (non-hydrogen) atoms. The summed E-state index contributed by atoms with van der Waals surface area (Å²) in [6.07, 6.45) is 4.64. The summed E-state index contributed by atoms with van der Waals surface area (Å²) in [5, 5.41) is 2.97. The smallest absolute Gasteiger partial charge is 0.290 e. The number of carbonyl (C=O) groups is 2. The van der Waals surface area contributed by atoms with Crippen LogP contribution in [0.15, 0.2) is 42.7 Å². The second-order valence-electron chi connectivity index (χ2n) is 5.77. The van der Waals surface area contributed by atoms with E-state index in [0.717, 1.165) is 22.4 Å². The SMILES string of the molecule is CCC(=O)Cc1ccc[n+](CC(=O)Nc2c(C)cccc2C)c1. The number of Topliss-reactive ketones (excluding diaryl/α,β-unsaturated/α-hetero) is 1. The molecule has 0 aliphatic rings. The zero-order valence-electron chi connectivity index (χ0n) is 13.9. The third-order valence-electron chi connectivity index (χ3n) is 3.79. The molecule has 1 N–H and O–H groups in total. The van der Waals surface area contributed by atoms with Crippen LogP contribution >= 0.6 is 0 Å². The van der Waals surface area contributed by atoms with E-state index < -0.39 is 0 Å². The van der Waals surface area contributed by atoms with Gasteiger partial charge in [0, 0.05) is 30.2 Å². The molecule has 1 aromatic heterocycles. The second kappa shape index (κ2) is 7.68. The first-order chi connectivity index (χ1) is 11.0. The minimum atomic E-state index is -0.0774. The predicted octanol–water partition coefficient (Wildman–Crippen LogP) is 2.75. The van der Waals surface area contributed by atoms with Crippen LogP contribution in [0.3, 0.4) is 0 Å². The number of para-hydroxylation sites is 1. The normalized spacial score (nSPS) is 10.4. The highest BCUT2D eigenvalue weighted by Gasteiger charge is 2.13. The highest BCUT2D eigenvalue weighted by molar-refractivity contribution is 5.91. The Balaban J connectivity index is 2.06. The van der Waals surface area contributed by atoms with E-state index in [1.807, 2.05) is 63.5 Å². The van der Waals surface area contributed by atoms with Gasteiger partial charge in [-0.2, -0.15) is 4.57 Å². The van der Waals surface area contributed by atoms with Gasteiger partial charge in [-0.3, -0.25) is 9.59 Å². The van der Waals surface area contributed by atoms with Crippen molar-refractivity contribution in [3.63, 3.8) is 0 Å². The van der Waals surface area contributed by atoms with Crippen molar-refractivity contribution in [1.29, 1.82) is 0 Å². The number of carbonyl (C=O) groups excluding carboxylic acids is 2. The number of hydrogen-bond donors (Lipinski definition) is 1. The Morgan fingerprint density at radius 2 is 1.78 bits per heavy atom. The molecule has 120 valence electrons. The molecule has 1 aromatic carbocycles. The van der Waals surface area contributed by atoms with Gasteiger partial charge in [0.2, 0.25) is 6.54 Å². The number of nitrogens with zero attached hydrogens (tertiary/aromatic N) is 1. The molecule has 0 bridgehead atoms. The first-order valence-corrected chi connectivity index (χ1v) is 7.85. The summed E-state index contributed by atoms with van der Waals surface area (Å²) in [7, 11) is 0. The number of hydrogen-bond acceptors (Lipinski definition) is 2. The van der Waals surface area contributed by atoms with Crippen LogP contribution in [-0.4, -0.2) is 11.7 Å². The molecule has 4 nitrogen and oxygen atoms in total. The van der Waals surface area contributed by atoms with E-state index in [2.05, 4.69) is 5.32 Å². The number of benzene rings is 1. The number of pyridine rings is 1. The fourth-order valence-electron chi connectivity index (χ4n) is 2.49. The van der Waals surface area contributed by atoms with Crippen molar-refractivity contribution in [1.82, 2.24) is 0 Å². The van der Waals surface area contributed by atoms with Gasteiger partial charge in [0.05, 0.1) is 0 Å². The van der Waals surface area contributed by atoms with E-state index in [0.29, 0.717) is 12.8 Å². The lowest BCUT2D eigenvalue weighted by Crippen LogP contribution is -2.40. The minimum absolute atomic E-state index is 0.0774. The van der Waals surface area contributed by atoms with Gasteiger partial charge in [0.25, 0.3) is 5.91 Å². The monoisotopic (exact) mass is 311 g/mol. The third-order valence-corrected chi connectivity index (χ3v) is 3.79. The topological polar surface area (TPSA) is 50.0 Å². The van der Waals surface area contributed by atoms with E-state index >= 15 is 0 Å². The molecule has 0 unspecified atom stereocenters. The molecule has 2 aromatic rings. The fraction of sp³-hybridized carbons (Fsp3) is 0.316. The van der Waals surface area contributed by atoms with E-state index in [4.69, 9.17) is 0 Å². The summed E-state index contributed by atoms with van der Waals surface area (Å²) in [5.41, 5.74) is 3.89. The second-order valence-corrected chi connectivity index (χ2v) is 5.77. The van der Waals surface area contributed by atoms with Gasteiger partial charge >= 0.3 is 0 Å². The maximum Gasteiger partial charge on any atom is 0.290 e. The lowest BCUT2D eigenvalue weighted by Gasteiger charge is -2.10. The van der Waals surface area contributed by atoms with Crippen molar-refractivity contribution < 1.29 is 14.2 Å². The van der Waals surface area contributed by atoms with E-state index in [1.165, 1.54) is 0 Å². The zero-order chi connectivity index (χ0) is 16.8. The van der Waals surface area contributed by atoms with Gasteiger partial charge in [-0.1, -0.05) is 25.1 Å². The van der Waals surface area contributed by atoms with E-state index in [9.17, 15) is 9.59 Å². The van der Waals surface area contributed by atoms with Crippen molar-refractivity contribution in [2.45, 2.75) is 40.2 Å². The number of ketones is 1. The van der Waals surface area contributed by atoms with Gasteiger partial charge in [0.1, 0.15) is 5.78 Å². The maximum atomic E-state index is 12.3. The highest BCUT2D eigenvalue weighted by atomic mass is 16.2. The van der Waals surface area contributed by atoms with Crippen LogP contribution in [0.2, 0.25) is 0 Å². The Morgan fingerprint density at radius 1 is 1.09 bits per heavy atom. The zero-order valence-corrected chi connectivity index (χ0v) is 13.9. The van der Waals surface area contributed by atoms with Crippen LogP contribution in [0.5, 0.6) is 0 Å². The first kappa shape index (κ1) is 16.9. The van der Waals surface area contributed by atoms with Crippen molar-refractivity contribution in [2.24, 2.45) is 0 Å². The Morgan fingerprint density at radius 3 is 2.43 bits per heavy atom. The van der Waals surface area contributed by atoms with Crippen LogP contribution in [-0.2, 0) is 22.6 Å². The number of rotatable bonds is 6. The summed E-state index contributed by atoms with van der Waals surface area (Å²) < 4.78 is 1.81. The molecule has 0 saturated heterocycles. The molecule has 2 rings (SSSR count). The summed E-state index contributed by atoms with van der Waals surface area (Å²) in [6, 6.07) is 9.71. The fourth-order valence-corrected chi connectivity index (χ4v) is 2.49. The lowest BCUT2D eigenvalue weighted by molar-refractivity contribution is -0.684. The van der Waals surface area contributed by atoms with Crippen LogP contribution < -0.4 is 9.88 Å². The van der Waals surface area contributed by atoms with Crippen molar-refractivity contribution in [3.8, 4) is 0 Å². The van der Waals surface area contributed by atoms with Gasteiger partial charge in [-0.05, 0) is 31.0 Å². The number of aryl methyl sites for hydroxylation is 2. The Labute approximate surface area is 137 Å². The summed E-state index contributed by atoms with van der Waals surface area (Å²) in [4.78, 5) is 23.8. The molecule has 0 atom stereocenters. The molecule has 0 saturated carbocycles. The molecule has 4 heteroatoms. The summed E-state index contributed by atoms with van der Waals surface area (Å²) >= 11 is 0. The molecule has 0 fully saturated rings. The van der Waals surface area contributed by atoms with Gasteiger partial charge in [-0.15, -0.1) is 0 Å². The van der Waals surface area contributed by atoms with Crippen LogP contribution in [0, 0.1) is 13.8 Å². The largest absolute Gasteiger partial charge is 0.320 e. The molecule has 0 spiro atoms. The molecule has 0 aliphatic heterocycles. The predicted molar refractivity (Wildman–Crippen MR) is 90.2 cm³/mol. The van der Waals surface area contributed by atoms with Crippen LogP contribution in [0.1, 0.15) is 30.0 Å². The van der Waals surface area contributed by atoms with Crippen molar-refractivity contribution in [2.75, 3.05) is 5.32 Å². The molecule has 1 amide bonds. The average Bonchev–Trinajstić information content (AvgIpc) is 2.51. The van der Waals surface area contributed by atoms with E-state index in [-0.39, 0.29) is 18.2 Å². The highest BCUT2D eigenvalue weighted by Crippen LogP contribution is 2.19. The van der Waals surface area contributed by atoms with Crippen molar-refractivity contribution >= 4 is 17.4 Å². The van der Waals surface area contributed by atoms with Gasteiger partial charge in [0.15, 0.2) is 12.4 Å². The third kappa shape index (κ3) is 4.74. The van der Waals surface area contributed by atoms with Crippen LogP contribution in [0.4, 0.5) is 5.69 Å². The Kier molecular flexibility index (Phi) is 5.63. The average molecular weight is 311 g/mol. The first-order valence-electron chi connectivity index (χ1n) is 7.85. The van der Waals surface area contributed by atoms with Gasteiger partial charge in [-0.25, -0.2) is 0 Å². The standard InChI is InChI=1S/C19H22N2O2/c1-4-17(22)11-16-9-6-10-21(12-16)13-18(23)20-19-14(2)7-5-8-15(19)3/h5-10,12H,4,11,13H2,1-3H3/p+1. The molecular weight excluding hydrogens is 288 g/mol. The Hall–Kier alpha value is -2.49. The molecule has 1 heterocycles. The molecular formula is C19H23N2O2+. The number of amides is 1. The Bertz CT molecular complexity index is 703. The maximum absolute atomic E-state index is 12.3. The molecule has 0 aliphatic carbocycles. The quantitative estimate of drug-likeness (QED) is 0.834. The number of aromatic nitrogens is 1.